The lowest BCUT2D eigenvalue weighted by atomic mass is 9.93. The van der Waals surface area contributed by atoms with E-state index in [2.05, 4.69) is 5.32 Å². The minimum Gasteiger partial charge on any atom is -0.399 e. The molecule has 88 valence electrons. The Balaban J connectivity index is 1.98. The second kappa shape index (κ2) is 4.70. The Labute approximate surface area is 94.5 Å². The highest BCUT2D eigenvalue weighted by molar-refractivity contribution is 5.53. The van der Waals surface area contributed by atoms with E-state index in [1.165, 1.54) is 6.07 Å². The molecule has 2 rings (SSSR count). The van der Waals surface area contributed by atoms with Crippen LogP contribution in [0.15, 0.2) is 18.2 Å². The van der Waals surface area contributed by atoms with E-state index in [0.29, 0.717) is 11.4 Å². The summed E-state index contributed by atoms with van der Waals surface area (Å²) in [5.41, 5.74) is 6.41. The third-order valence-corrected chi connectivity index (χ3v) is 3.05. The maximum absolute atomic E-state index is 13.5. The molecule has 0 spiro atoms. The van der Waals surface area contributed by atoms with Crippen molar-refractivity contribution in [3.63, 3.8) is 0 Å². The summed E-state index contributed by atoms with van der Waals surface area (Å²) in [6.07, 6.45) is 3.15. The van der Waals surface area contributed by atoms with Crippen LogP contribution in [0.3, 0.4) is 0 Å². The predicted molar refractivity (Wildman–Crippen MR) is 62.7 cm³/mol. The predicted octanol–water partition coefficient (Wildman–Crippen LogP) is 2.12. The van der Waals surface area contributed by atoms with Gasteiger partial charge >= 0.3 is 0 Å². The van der Waals surface area contributed by atoms with Gasteiger partial charge in [-0.05, 0) is 43.9 Å². The highest BCUT2D eigenvalue weighted by Crippen LogP contribution is 2.24. The van der Waals surface area contributed by atoms with Crippen LogP contribution in [0.4, 0.5) is 15.8 Å². The molecule has 0 amide bonds. The minimum absolute atomic E-state index is 0.186. The van der Waals surface area contributed by atoms with Crippen LogP contribution in [0.25, 0.3) is 0 Å². The number of aliphatic hydroxyl groups is 1. The van der Waals surface area contributed by atoms with Crippen molar-refractivity contribution in [2.45, 2.75) is 37.8 Å². The number of hydrogen-bond donors (Lipinski definition) is 3. The van der Waals surface area contributed by atoms with Crippen molar-refractivity contribution in [2.24, 2.45) is 0 Å². The van der Waals surface area contributed by atoms with Crippen molar-refractivity contribution < 1.29 is 9.50 Å². The van der Waals surface area contributed by atoms with Gasteiger partial charge in [0.25, 0.3) is 0 Å². The second-order valence-electron chi connectivity index (χ2n) is 4.39. The van der Waals surface area contributed by atoms with Gasteiger partial charge in [0, 0.05) is 11.7 Å². The summed E-state index contributed by atoms with van der Waals surface area (Å²) >= 11 is 0. The number of nitrogen functional groups attached to an aromatic ring is 1. The number of nitrogens with one attached hydrogen (secondary N) is 1. The van der Waals surface area contributed by atoms with Crippen LogP contribution in [-0.2, 0) is 0 Å². The monoisotopic (exact) mass is 224 g/mol. The Hall–Kier alpha value is -1.29. The highest BCUT2D eigenvalue weighted by atomic mass is 19.1. The summed E-state index contributed by atoms with van der Waals surface area (Å²) in [7, 11) is 0. The van der Waals surface area contributed by atoms with Crippen molar-refractivity contribution in [2.75, 3.05) is 11.1 Å². The third-order valence-electron chi connectivity index (χ3n) is 3.05. The van der Waals surface area contributed by atoms with Gasteiger partial charge in [0.15, 0.2) is 0 Å². The summed E-state index contributed by atoms with van der Waals surface area (Å²) in [5, 5.41) is 12.5. The molecule has 16 heavy (non-hydrogen) atoms. The number of rotatable bonds is 2. The summed E-state index contributed by atoms with van der Waals surface area (Å²) in [5.74, 6) is -0.314. The van der Waals surface area contributed by atoms with Gasteiger partial charge in [-0.15, -0.1) is 0 Å². The lowest BCUT2D eigenvalue weighted by Gasteiger charge is -2.27. The summed E-state index contributed by atoms with van der Waals surface area (Å²) in [4.78, 5) is 0. The van der Waals surface area contributed by atoms with Gasteiger partial charge in [-0.3, -0.25) is 0 Å². The first-order valence-corrected chi connectivity index (χ1v) is 5.65. The Kier molecular flexibility index (Phi) is 3.29. The molecule has 0 aromatic heterocycles. The first kappa shape index (κ1) is 11.2. The fourth-order valence-electron chi connectivity index (χ4n) is 2.09. The molecular weight excluding hydrogens is 207 g/mol. The largest absolute Gasteiger partial charge is 0.399 e. The van der Waals surface area contributed by atoms with Crippen LogP contribution in [0.5, 0.6) is 0 Å². The molecule has 4 N–H and O–H groups in total. The second-order valence-corrected chi connectivity index (χ2v) is 4.39. The number of halogens is 1. The van der Waals surface area contributed by atoms with Crippen molar-refractivity contribution in [1.29, 1.82) is 0 Å². The first-order chi connectivity index (χ1) is 7.65. The molecule has 0 aliphatic heterocycles. The van der Waals surface area contributed by atoms with Crippen LogP contribution in [0.2, 0.25) is 0 Å². The van der Waals surface area contributed by atoms with Crippen LogP contribution < -0.4 is 11.1 Å². The average Bonchev–Trinajstić information content (AvgIpc) is 2.25. The van der Waals surface area contributed by atoms with Gasteiger partial charge in [-0.2, -0.15) is 0 Å². The van der Waals surface area contributed by atoms with E-state index in [1.54, 1.807) is 12.1 Å². The number of aliphatic hydroxyl groups excluding tert-OH is 1. The Morgan fingerprint density at radius 3 is 2.56 bits per heavy atom. The van der Waals surface area contributed by atoms with Gasteiger partial charge < -0.3 is 16.2 Å². The lowest BCUT2D eigenvalue weighted by Crippen LogP contribution is -2.28. The molecule has 1 aromatic carbocycles. The fraction of sp³-hybridized carbons (Fsp3) is 0.500. The number of anilines is 2. The molecule has 1 aromatic rings. The van der Waals surface area contributed by atoms with Gasteiger partial charge in [-0.1, -0.05) is 0 Å². The first-order valence-electron chi connectivity index (χ1n) is 5.65. The van der Waals surface area contributed by atoms with E-state index in [1.807, 2.05) is 0 Å². The van der Waals surface area contributed by atoms with E-state index in [0.717, 1.165) is 25.7 Å². The smallest absolute Gasteiger partial charge is 0.148 e. The molecule has 1 aliphatic rings. The Morgan fingerprint density at radius 2 is 1.94 bits per heavy atom. The van der Waals surface area contributed by atoms with E-state index in [4.69, 9.17) is 5.73 Å². The summed E-state index contributed by atoms with van der Waals surface area (Å²) < 4.78 is 13.5. The van der Waals surface area contributed by atoms with E-state index in [9.17, 15) is 9.50 Å². The van der Waals surface area contributed by atoms with Gasteiger partial charge in [0.05, 0.1) is 11.8 Å². The Bertz CT molecular complexity index is 362. The average molecular weight is 224 g/mol. The summed E-state index contributed by atoms with van der Waals surface area (Å²) in [6.45, 7) is 0. The number of nitrogens with two attached hydrogens (primary N) is 1. The van der Waals surface area contributed by atoms with Crippen molar-refractivity contribution in [3.05, 3.63) is 24.0 Å². The minimum atomic E-state index is -0.314. The third kappa shape index (κ3) is 2.64. The molecule has 0 heterocycles. The zero-order chi connectivity index (χ0) is 11.5. The lowest BCUT2D eigenvalue weighted by molar-refractivity contribution is 0.126. The molecular formula is C12H17FN2O. The van der Waals surface area contributed by atoms with Crippen molar-refractivity contribution >= 4 is 11.4 Å². The van der Waals surface area contributed by atoms with E-state index >= 15 is 0 Å². The normalized spacial score (nSPS) is 25.4. The molecule has 1 saturated carbocycles. The van der Waals surface area contributed by atoms with Gasteiger partial charge in [-0.25, -0.2) is 4.39 Å². The molecule has 1 fully saturated rings. The molecule has 1 aliphatic carbocycles. The molecule has 0 saturated heterocycles. The molecule has 3 nitrogen and oxygen atoms in total. The SMILES string of the molecule is Nc1ccc(NC2CCC(O)CC2)c(F)c1. The molecule has 0 unspecified atom stereocenters. The maximum atomic E-state index is 13.5. The van der Waals surface area contributed by atoms with Crippen LogP contribution in [-0.4, -0.2) is 17.3 Å². The molecule has 0 atom stereocenters. The van der Waals surface area contributed by atoms with Gasteiger partial charge in [0.1, 0.15) is 5.82 Å². The van der Waals surface area contributed by atoms with E-state index < -0.39 is 0 Å². The Morgan fingerprint density at radius 1 is 1.25 bits per heavy atom. The van der Waals surface area contributed by atoms with Gasteiger partial charge in [0.2, 0.25) is 0 Å². The zero-order valence-corrected chi connectivity index (χ0v) is 9.12. The topological polar surface area (TPSA) is 58.3 Å². The quantitative estimate of drug-likeness (QED) is 0.674. The highest BCUT2D eigenvalue weighted by Gasteiger charge is 2.19. The standard InChI is InChI=1S/C12H17FN2O/c13-11-7-8(14)1-6-12(11)15-9-2-4-10(16)5-3-9/h1,6-7,9-10,15-16H,2-5,14H2. The summed E-state index contributed by atoms with van der Waals surface area (Å²) in [6, 6.07) is 4.92. The zero-order valence-electron chi connectivity index (χ0n) is 9.12. The van der Waals surface area contributed by atoms with E-state index in [-0.39, 0.29) is 18.0 Å². The van der Waals surface area contributed by atoms with Crippen LogP contribution in [0, 0.1) is 5.82 Å². The number of hydrogen-bond acceptors (Lipinski definition) is 3. The molecule has 0 radical (unpaired) electrons. The molecule has 0 bridgehead atoms. The molecule has 4 heteroatoms. The van der Waals surface area contributed by atoms with Crippen LogP contribution >= 0.6 is 0 Å². The number of benzene rings is 1. The van der Waals surface area contributed by atoms with Crippen molar-refractivity contribution in [3.8, 4) is 0 Å². The van der Waals surface area contributed by atoms with Crippen molar-refractivity contribution in [1.82, 2.24) is 0 Å². The maximum Gasteiger partial charge on any atom is 0.148 e. The fourth-order valence-corrected chi connectivity index (χ4v) is 2.09. The van der Waals surface area contributed by atoms with Crippen LogP contribution in [0.1, 0.15) is 25.7 Å².